The molecule has 1 fully saturated rings. The first-order valence-electron chi connectivity index (χ1n) is 6.32. The van der Waals surface area contributed by atoms with Gasteiger partial charge in [0.05, 0.1) is 19.0 Å². The molecule has 1 atom stereocenters. The van der Waals surface area contributed by atoms with Crippen molar-refractivity contribution < 1.29 is 4.74 Å². The average molecular weight is 264 g/mol. The van der Waals surface area contributed by atoms with Gasteiger partial charge in [0, 0.05) is 20.7 Å². The molecule has 0 saturated carbocycles. The van der Waals surface area contributed by atoms with E-state index < -0.39 is 0 Å². The predicted octanol–water partition coefficient (Wildman–Crippen LogP) is -0.387. The fourth-order valence-corrected chi connectivity index (χ4v) is 2.55. The van der Waals surface area contributed by atoms with Gasteiger partial charge in [0.2, 0.25) is 0 Å². The highest BCUT2D eigenvalue weighted by Crippen LogP contribution is 2.13. The van der Waals surface area contributed by atoms with E-state index in [2.05, 4.69) is 4.98 Å². The zero-order valence-corrected chi connectivity index (χ0v) is 11.0. The number of ether oxygens (including phenoxy) is 1. The van der Waals surface area contributed by atoms with Gasteiger partial charge in [-0.05, 0) is 12.8 Å². The van der Waals surface area contributed by atoms with Gasteiger partial charge < -0.3 is 9.30 Å². The van der Waals surface area contributed by atoms with Crippen LogP contribution in [0.5, 0.6) is 0 Å². The molecular formula is C12H16N4O3. The molecule has 2 aromatic heterocycles. The summed E-state index contributed by atoms with van der Waals surface area (Å²) in [5.74, 6) is 0. The molecule has 0 N–H and O–H groups in total. The summed E-state index contributed by atoms with van der Waals surface area (Å²) < 4.78 is 9.80. The van der Waals surface area contributed by atoms with Crippen LogP contribution in [0, 0.1) is 0 Å². The summed E-state index contributed by atoms with van der Waals surface area (Å²) in [5.41, 5.74) is 0.224. The van der Waals surface area contributed by atoms with E-state index in [1.165, 1.54) is 9.13 Å². The molecule has 7 nitrogen and oxygen atoms in total. The standard InChI is InChI=1S/C12H16N4O3/c1-14-7-13-10-9(14)11(17)16(12(18)15(10)2)6-8-4-3-5-19-8/h7-8H,3-6H2,1-2H3. The molecule has 0 radical (unpaired) electrons. The Morgan fingerprint density at radius 3 is 2.89 bits per heavy atom. The zero-order valence-electron chi connectivity index (χ0n) is 11.0. The summed E-state index contributed by atoms with van der Waals surface area (Å²) in [6, 6.07) is 0. The monoisotopic (exact) mass is 264 g/mol. The Balaban J connectivity index is 2.20. The number of fused-ring (bicyclic) bond motifs is 1. The van der Waals surface area contributed by atoms with Crippen LogP contribution in [-0.2, 0) is 25.4 Å². The first-order chi connectivity index (χ1) is 9.09. The predicted molar refractivity (Wildman–Crippen MR) is 69.2 cm³/mol. The van der Waals surface area contributed by atoms with E-state index in [0.29, 0.717) is 24.3 Å². The minimum absolute atomic E-state index is 0.0453. The van der Waals surface area contributed by atoms with Gasteiger partial charge >= 0.3 is 5.69 Å². The third-order valence-electron chi connectivity index (χ3n) is 3.61. The molecular weight excluding hydrogens is 248 g/mol. The molecule has 0 amide bonds. The molecule has 1 aliphatic rings. The molecule has 3 heterocycles. The third-order valence-corrected chi connectivity index (χ3v) is 3.61. The summed E-state index contributed by atoms with van der Waals surface area (Å²) >= 11 is 0. The number of rotatable bonds is 2. The molecule has 102 valence electrons. The third kappa shape index (κ3) is 1.81. The second-order valence-electron chi connectivity index (χ2n) is 4.92. The Labute approximate surface area is 109 Å². The van der Waals surface area contributed by atoms with Crippen molar-refractivity contribution in [1.82, 2.24) is 18.7 Å². The van der Waals surface area contributed by atoms with E-state index >= 15 is 0 Å². The highest BCUT2D eigenvalue weighted by atomic mass is 16.5. The first kappa shape index (κ1) is 12.2. The lowest BCUT2D eigenvalue weighted by molar-refractivity contribution is 0.0949. The number of hydrogen-bond acceptors (Lipinski definition) is 4. The summed E-state index contributed by atoms with van der Waals surface area (Å²) in [7, 11) is 3.38. The van der Waals surface area contributed by atoms with Gasteiger partial charge in [0.15, 0.2) is 11.2 Å². The maximum atomic E-state index is 12.4. The van der Waals surface area contributed by atoms with Crippen molar-refractivity contribution in [3.63, 3.8) is 0 Å². The van der Waals surface area contributed by atoms with Crippen LogP contribution in [0.25, 0.3) is 11.2 Å². The van der Waals surface area contributed by atoms with Gasteiger partial charge in [-0.2, -0.15) is 0 Å². The van der Waals surface area contributed by atoms with Gasteiger partial charge in [-0.3, -0.25) is 13.9 Å². The van der Waals surface area contributed by atoms with Crippen LogP contribution in [0.4, 0.5) is 0 Å². The van der Waals surface area contributed by atoms with Crippen molar-refractivity contribution >= 4 is 11.2 Å². The fourth-order valence-electron chi connectivity index (χ4n) is 2.55. The highest BCUT2D eigenvalue weighted by molar-refractivity contribution is 5.69. The molecule has 19 heavy (non-hydrogen) atoms. The number of aryl methyl sites for hydroxylation is 2. The lowest BCUT2D eigenvalue weighted by Gasteiger charge is -2.12. The molecule has 0 bridgehead atoms. The average Bonchev–Trinajstić information content (AvgIpc) is 3.01. The van der Waals surface area contributed by atoms with E-state index in [4.69, 9.17) is 4.74 Å². The van der Waals surface area contributed by atoms with Crippen LogP contribution < -0.4 is 11.2 Å². The Morgan fingerprint density at radius 2 is 2.21 bits per heavy atom. The molecule has 1 saturated heterocycles. The topological polar surface area (TPSA) is 71.1 Å². The molecule has 2 aromatic rings. The SMILES string of the molecule is Cn1cnc2c1c(=O)n(CC1CCCO1)c(=O)n2C. The minimum atomic E-state index is -0.341. The highest BCUT2D eigenvalue weighted by Gasteiger charge is 2.21. The van der Waals surface area contributed by atoms with Crippen molar-refractivity contribution in [2.75, 3.05) is 6.61 Å². The van der Waals surface area contributed by atoms with E-state index in [1.807, 2.05) is 0 Å². The molecule has 0 aromatic carbocycles. The molecule has 3 rings (SSSR count). The summed E-state index contributed by atoms with van der Waals surface area (Å²) in [5, 5.41) is 0. The maximum Gasteiger partial charge on any atom is 0.332 e. The Kier molecular flexibility index (Phi) is 2.78. The lowest BCUT2D eigenvalue weighted by Crippen LogP contribution is -2.42. The quantitative estimate of drug-likeness (QED) is 0.741. The molecule has 7 heteroatoms. The zero-order chi connectivity index (χ0) is 13.6. The Hall–Kier alpha value is -1.89. The van der Waals surface area contributed by atoms with Crippen molar-refractivity contribution in [2.45, 2.75) is 25.5 Å². The normalized spacial score (nSPS) is 19.4. The summed E-state index contributed by atoms with van der Waals surface area (Å²) in [6.45, 7) is 1.01. The van der Waals surface area contributed by atoms with Gasteiger partial charge in [-0.25, -0.2) is 9.78 Å². The van der Waals surface area contributed by atoms with E-state index in [1.54, 1.807) is 25.0 Å². The van der Waals surface area contributed by atoms with Crippen molar-refractivity contribution in [3.05, 3.63) is 27.2 Å². The minimum Gasteiger partial charge on any atom is -0.376 e. The van der Waals surface area contributed by atoms with E-state index in [0.717, 1.165) is 12.8 Å². The number of nitrogens with zero attached hydrogens (tertiary/aromatic N) is 4. The maximum absolute atomic E-state index is 12.4. The molecule has 1 unspecified atom stereocenters. The van der Waals surface area contributed by atoms with E-state index in [9.17, 15) is 9.59 Å². The lowest BCUT2D eigenvalue weighted by atomic mass is 10.2. The smallest absolute Gasteiger partial charge is 0.332 e. The molecule has 1 aliphatic heterocycles. The van der Waals surface area contributed by atoms with Crippen LogP contribution in [0.2, 0.25) is 0 Å². The van der Waals surface area contributed by atoms with Crippen molar-refractivity contribution in [3.8, 4) is 0 Å². The summed E-state index contributed by atoms with van der Waals surface area (Å²) in [6.07, 6.45) is 3.37. The second kappa shape index (κ2) is 4.34. The first-order valence-corrected chi connectivity index (χ1v) is 6.32. The van der Waals surface area contributed by atoms with Crippen LogP contribution in [-0.4, -0.2) is 31.4 Å². The van der Waals surface area contributed by atoms with Gasteiger partial charge in [-0.15, -0.1) is 0 Å². The van der Waals surface area contributed by atoms with Crippen LogP contribution in [0.3, 0.4) is 0 Å². The molecule has 0 aliphatic carbocycles. The van der Waals surface area contributed by atoms with Gasteiger partial charge in [0.25, 0.3) is 5.56 Å². The summed E-state index contributed by atoms with van der Waals surface area (Å²) in [4.78, 5) is 28.7. The van der Waals surface area contributed by atoms with Gasteiger partial charge in [-0.1, -0.05) is 0 Å². The number of aromatic nitrogens is 4. The van der Waals surface area contributed by atoms with Crippen LogP contribution >= 0.6 is 0 Å². The molecule has 0 spiro atoms. The van der Waals surface area contributed by atoms with Crippen LogP contribution in [0.1, 0.15) is 12.8 Å². The van der Waals surface area contributed by atoms with E-state index in [-0.39, 0.29) is 17.4 Å². The van der Waals surface area contributed by atoms with Crippen molar-refractivity contribution in [1.29, 1.82) is 0 Å². The fraction of sp³-hybridized carbons (Fsp3) is 0.583. The number of imidazole rings is 1. The Morgan fingerprint density at radius 1 is 1.42 bits per heavy atom. The van der Waals surface area contributed by atoms with Crippen molar-refractivity contribution in [2.24, 2.45) is 14.1 Å². The van der Waals surface area contributed by atoms with Gasteiger partial charge in [0.1, 0.15) is 0 Å². The van der Waals surface area contributed by atoms with Crippen LogP contribution in [0.15, 0.2) is 15.9 Å². The number of hydrogen-bond donors (Lipinski definition) is 0. The largest absolute Gasteiger partial charge is 0.376 e. The second-order valence-corrected chi connectivity index (χ2v) is 4.92. The Bertz CT molecular complexity index is 734.